The smallest absolute Gasteiger partial charge is 0.254 e. The lowest BCUT2D eigenvalue weighted by atomic mass is 10.1. The van der Waals surface area contributed by atoms with E-state index >= 15 is 0 Å². The van der Waals surface area contributed by atoms with Crippen LogP contribution in [-0.2, 0) is 4.79 Å². The molecule has 1 atom stereocenters. The Hall–Kier alpha value is -2.82. The van der Waals surface area contributed by atoms with Crippen LogP contribution in [0.3, 0.4) is 0 Å². The van der Waals surface area contributed by atoms with Gasteiger partial charge >= 0.3 is 0 Å². The van der Waals surface area contributed by atoms with E-state index in [1.807, 2.05) is 56.3 Å². The van der Waals surface area contributed by atoms with Gasteiger partial charge in [0.1, 0.15) is 11.8 Å². The van der Waals surface area contributed by atoms with Gasteiger partial charge in [-0.1, -0.05) is 23.8 Å². The molecule has 1 heterocycles. The number of aryl methyl sites for hydroxylation is 2. The van der Waals surface area contributed by atoms with E-state index in [-0.39, 0.29) is 11.8 Å². The second-order valence-corrected chi connectivity index (χ2v) is 6.71. The molecule has 0 spiro atoms. The van der Waals surface area contributed by atoms with E-state index in [4.69, 9.17) is 4.74 Å². The Balaban J connectivity index is 1.84. The number of ether oxygens (including phenoxy) is 1. The van der Waals surface area contributed by atoms with E-state index in [1.54, 1.807) is 23.8 Å². The molecule has 3 rings (SSSR count). The zero-order valence-corrected chi connectivity index (χ0v) is 15.7. The number of hydrogen-bond acceptors (Lipinski definition) is 3. The molecule has 0 aromatic heterocycles. The standard InChI is InChI=1S/C21H24N2O3/c1-14-5-8-17(9-6-14)21(25)22-11-12-23(20(24)16(22)3)18-13-15(2)7-10-19(18)26-4/h5-10,13,16H,11-12H2,1-4H3/t16-/m0/s1. The fourth-order valence-corrected chi connectivity index (χ4v) is 3.26. The maximum absolute atomic E-state index is 13.0. The Morgan fingerprint density at radius 2 is 1.69 bits per heavy atom. The summed E-state index contributed by atoms with van der Waals surface area (Å²) in [5.74, 6) is 0.455. The van der Waals surface area contributed by atoms with Gasteiger partial charge in [-0.15, -0.1) is 0 Å². The predicted molar refractivity (Wildman–Crippen MR) is 102 cm³/mol. The molecule has 5 heteroatoms. The SMILES string of the molecule is COc1ccc(C)cc1N1CCN(C(=O)c2ccc(C)cc2)[C@@H](C)C1=O. The van der Waals surface area contributed by atoms with Crippen molar-refractivity contribution >= 4 is 17.5 Å². The maximum atomic E-state index is 13.0. The molecular formula is C21H24N2O3. The van der Waals surface area contributed by atoms with Crippen LogP contribution in [0.1, 0.15) is 28.4 Å². The quantitative estimate of drug-likeness (QED) is 0.852. The largest absolute Gasteiger partial charge is 0.495 e. The first kappa shape index (κ1) is 18.0. The molecule has 0 unspecified atom stereocenters. The first-order chi connectivity index (χ1) is 12.4. The molecule has 0 bridgehead atoms. The van der Waals surface area contributed by atoms with Crippen molar-refractivity contribution < 1.29 is 14.3 Å². The highest BCUT2D eigenvalue weighted by atomic mass is 16.5. The average molecular weight is 352 g/mol. The highest BCUT2D eigenvalue weighted by molar-refractivity contribution is 6.04. The summed E-state index contributed by atoms with van der Waals surface area (Å²) in [6, 6.07) is 12.7. The lowest BCUT2D eigenvalue weighted by molar-refractivity contribution is -0.124. The van der Waals surface area contributed by atoms with Crippen LogP contribution < -0.4 is 9.64 Å². The zero-order valence-electron chi connectivity index (χ0n) is 15.7. The number of piperazine rings is 1. The number of methoxy groups -OCH3 is 1. The van der Waals surface area contributed by atoms with E-state index < -0.39 is 6.04 Å². The summed E-state index contributed by atoms with van der Waals surface area (Å²) in [4.78, 5) is 29.2. The lowest BCUT2D eigenvalue weighted by Gasteiger charge is -2.39. The van der Waals surface area contributed by atoms with Crippen LogP contribution in [0.25, 0.3) is 0 Å². The maximum Gasteiger partial charge on any atom is 0.254 e. The van der Waals surface area contributed by atoms with Gasteiger partial charge in [-0.05, 0) is 50.6 Å². The van der Waals surface area contributed by atoms with Crippen molar-refractivity contribution in [1.29, 1.82) is 0 Å². The molecule has 136 valence electrons. The van der Waals surface area contributed by atoms with Crippen LogP contribution in [0.4, 0.5) is 5.69 Å². The fourth-order valence-electron chi connectivity index (χ4n) is 3.26. The minimum Gasteiger partial charge on any atom is -0.495 e. The first-order valence-corrected chi connectivity index (χ1v) is 8.76. The normalized spacial score (nSPS) is 17.4. The van der Waals surface area contributed by atoms with Gasteiger partial charge in [0.15, 0.2) is 0 Å². The number of carbonyl (C=O) groups excluding carboxylic acids is 2. The van der Waals surface area contributed by atoms with Crippen molar-refractivity contribution in [2.75, 3.05) is 25.1 Å². The van der Waals surface area contributed by atoms with Gasteiger partial charge < -0.3 is 14.5 Å². The molecule has 2 amide bonds. The summed E-state index contributed by atoms with van der Waals surface area (Å²) in [5.41, 5.74) is 3.52. The van der Waals surface area contributed by atoms with Crippen LogP contribution in [0.15, 0.2) is 42.5 Å². The summed E-state index contributed by atoms with van der Waals surface area (Å²) in [6.07, 6.45) is 0. The zero-order chi connectivity index (χ0) is 18.8. The third kappa shape index (κ3) is 3.29. The molecule has 1 aliphatic heterocycles. The van der Waals surface area contributed by atoms with Crippen LogP contribution in [-0.4, -0.2) is 43.0 Å². The van der Waals surface area contributed by atoms with Gasteiger partial charge in [0.2, 0.25) is 5.91 Å². The van der Waals surface area contributed by atoms with Crippen molar-refractivity contribution in [3.05, 3.63) is 59.2 Å². The number of amides is 2. The molecule has 0 N–H and O–H groups in total. The molecule has 0 aliphatic carbocycles. The molecule has 2 aromatic carbocycles. The fraction of sp³-hybridized carbons (Fsp3) is 0.333. The number of benzene rings is 2. The highest BCUT2D eigenvalue weighted by Crippen LogP contribution is 2.31. The minimum atomic E-state index is -0.525. The van der Waals surface area contributed by atoms with E-state index in [0.29, 0.717) is 24.4 Å². The van der Waals surface area contributed by atoms with Crippen molar-refractivity contribution in [1.82, 2.24) is 4.90 Å². The summed E-state index contributed by atoms with van der Waals surface area (Å²) in [6.45, 7) is 6.67. The molecule has 26 heavy (non-hydrogen) atoms. The Morgan fingerprint density at radius 3 is 2.35 bits per heavy atom. The van der Waals surface area contributed by atoms with Gasteiger partial charge in [0, 0.05) is 18.7 Å². The van der Waals surface area contributed by atoms with Crippen LogP contribution in [0.5, 0.6) is 5.75 Å². The number of carbonyl (C=O) groups is 2. The van der Waals surface area contributed by atoms with Gasteiger partial charge in [-0.25, -0.2) is 0 Å². The van der Waals surface area contributed by atoms with E-state index in [1.165, 1.54) is 0 Å². The molecule has 0 radical (unpaired) electrons. The third-order valence-electron chi connectivity index (χ3n) is 4.84. The van der Waals surface area contributed by atoms with Gasteiger partial charge in [0.25, 0.3) is 5.91 Å². The van der Waals surface area contributed by atoms with E-state index in [9.17, 15) is 9.59 Å². The number of anilines is 1. The Kier molecular flexibility index (Phi) is 4.98. The highest BCUT2D eigenvalue weighted by Gasteiger charge is 2.36. The molecule has 1 fully saturated rings. The molecule has 5 nitrogen and oxygen atoms in total. The number of nitrogens with zero attached hydrogens (tertiary/aromatic N) is 2. The Morgan fingerprint density at radius 1 is 1.04 bits per heavy atom. The molecule has 1 saturated heterocycles. The van der Waals surface area contributed by atoms with Gasteiger partial charge in [0.05, 0.1) is 12.8 Å². The monoisotopic (exact) mass is 352 g/mol. The molecular weight excluding hydrogens is 328 g/mol. The van der Waals surface area contributed by atoms with Crippen molar-refractivity contribution in [3.63, 3.8) is 0 Å². The van der Waals surface area contributed by atoms with Crippen molar-refractivity contribution in [2.45, 2.75) is 26.8 Å². The summed E-state index contributed by atoms with van der Waals surface area (Å²) < 4.78 is 5.42. The van der Waals surface area contributed by atoms with Gasteiger partial charge in [-0.2, -0.15) is 0 Å². The van der Waals surface area contributed by atoms with Crippen LogP contribution >= 0.6 is 0 Å². The first-order valence-electron chi connectivity index (χ1n) is 8.76. The average Bonchev–Trinajstić information content (AvgIpc) is 2.64. The Labute approximate surface area is 154 Å². The van der Waals surface area contributed by atoms with E-state index in [2.05, 4.69) is 0 Å². The number of rotatable bonds is 3. The van der Waals surface area contributed by atoms with Crippen molar-refractivity contribution in [3.8, 4) is 5.75 Å². The molecule has 0 saturated carbocycles. The topological polar surface area (TPSA) is 49.9 Å². The number of hydrogen-bond donors (Lipinski definition) is 0. The lowest BCUT2D eigenvalue weighted by Crippen LogP contribution is -2.57. The minimum absolute atomic E-state index is 0.0967. The summed E-state index contributed by atoms with van der Waals surface area (Å²) in [5, 5.41) is 0. The van der Waals surface area contributed by atoms with E-state index in [0.717, 1.165) is 16.8 Å². The summed E-state index contributed by atoms with van der Waals surface area (Å²) in [7, 11) is 1.60. The molecule has 2 aromatic rings. The molecule has 1 aliphatic rings. The summed E-state index contributed by atoms with van der Waals surface area (Å²) >= 11 is 0. The second-order valence-electron chi connectivity index (χ2n) is 6.71. The van der Waals surface area contributed by atoms with Crippen LogP contribution in [0, 0.1) is 13.8 Å². The van der Waals surface area contributed by atoms with Gasteiger partial charge in [-0.3, -0.25) is 9.59 Å². The van der Waals surface area contributed by atoms with Crippen LogP contribution in [0.2, 0.25) is 0 Å². The van der Waals surface area contributed by atoms with Crippen molar-refractivity contribution in [2.24, 2.45) is 0 Å². The predicted octanol–water partition coefficient (Wildman–Crippen LogP) is 3.19. The second kappa shape index (κ2) is 7.20. The Bertz CT molecular complexity index is 830. The third-order valence-corrected chi connectivity index (χ3v) is 4.84.